The van der Waals surface area contributed by atoms with Crippen LogP contribution in [0.5, 0.6) is 5.75 Å². The Labute approximate surface area is 140 Å². The number of anilines is 1. The van der Waals surface area contributed by atoms with Crippen LogP contribution in [-0.2, 0) is 4.79 Å². The molecular formula is C19H19N3O2. The topological polar surface area (TPSA) is 55.6 Å². The summed E-state index contributed by atoms with van der Waals surface area (Å²) in [7, 11) is 1.61. The smallest absolute Gasteiger partial charge is 0.227 e. The average Bonchev–Trinajstić information content (AvgIpc) is 3.34. The first-order chi connectivity index (χ1) is 11.6. The van der Waals surface area contributed by atoms with Gasteiger partial charge in [-0.25, -0.2) is 4.98 Å². The van der Waals surface area contributed by atoms with E-state index in [9.17, 15) is 4.79 Å². The predicted molar refractivity (Wildman–Crippen MR) is 93.3 cm³/mol. The van der Waals surface area contributed by atoms with Crippen molar-refractivity contribution in [2.24, 2.45) is 5.92 Å². The summed E-state index contributed by atoms with van der Waals surface area (Å²) in [6.45, 7) is 2.05. The Morgan fingerprint density at radius 1 is 1.29 bits per heavy atom. The van der Waals surface area contributed by atoms with Gasteiger partial charge in [0.15, 0.2) is 0 Å². The molecule has 1 aliphatic rings. The summed E-state index contributed by atoms with van der Waals surface area (Å²) in [5.74, 6) is 0.875. The Kier molecular flexibility index (Phi) is 3.49. The van der Waals surface area contributed by atoms with Crippen LogP contribution < -0.4 is 10.1 Å². The molecule has 0 aliphatic heterocycles. The normalized spacial score (nSPS) is 13.9. The molecule has 1 saturated carbocycles. The van der Waals surface area contributed by atoms with E-state index in [0.29, 0.717) is 11.4 Å². The van der Waals surface area contributed by atoms with Gasteiger partial charge in [0.1, 0.15) is 11.4 Å². The van der Waals surface area contributed by atoms with E-state index < -0.39 is 0 Å². The second-order valence-corrected chi connectivity index (χ2v) is 6.27. The summed E-state index contributed by atoms with van der Waals surface area (Å²) in [4.78, 5) is 16.8. The highest BCUT2D eigenvalue weighted by atomic mass is 16.5. The number of aromatic nitrogens is 2. The molecule has 5 nitrogen and oxygen atoms in total. The largest absolute Gasteiger partial charge is 0.495 e. The van der Waals surface area contributed by atoms with Crippen LogP contribution in [0.3, 0.4) is 0 Å². The van der Waals surface area contributed by atoms with Crippen LogP contribution in [-0.4, -0.2) is 22.4 Å². The van der Waals surface area contributed by atoms with Gasteiger partial charge in [0, 0.05) is 23.9 Å². The van der Waals surface area contributed by atoms with E-state index in [1.54, 1.807) is 7.11 Å². The summed E-state index contributed by atoms with van der Waals surface area (Å²) < 4.78 is 7.37. The Balaban J connectivity index is 1.72. The molecule has 2 heterocycles. The van der Waals surface area contributed by atoms with Gasteiger partial charge < -0.3 is 14.5 Å². The van der Waals surface area contributed by atoms with Gasteiger partial charge in [-0.1, -0.05) is 0 Å². The van der Waals surface area contributed by atoms with E-state index in [1.165, 1.54) is 5.56 Å². The number of pyridine rings is 1. The van der Waals surface area contributed by atoms with Crippen LogP contribution in [0.1, 0.15) is 18.4 Å². The fourth-order valence-electron chi connectivity index (χ4n) is 2.77. The number of amides is 1. The van der Waals surface area contributed by atoms with E-state index in [2.05, 4.69) is 10.3 Å². The minimum absolute atomic E-state index is 0.0658. The minimum atomic E-state index is 0.0658. The molecule has 1 aliphatic carbocycles. The van der Waals surface area contributed by atoms with Gasteiger partial charge in [-0.15, -0.1) is 0 Å². The lowest BCUT2D eigenvalue weighted by Gasteiger charge is -2.11. The molecule has 0 atom stereocenters. The minimum Gasteiger partial charge on any atom is -0.495 e. The maximum absolute atomic E-state index is 12.1. The number of nitrogens with zero attached hydrogens (tertiary/aromatic N) is 2. The summed E-state index contributed by atoms with van der Waals surface area (Å²) >= 11 is 0. The van der Waals surface area contributed by atoms with Gasteiger partial charge in [0.2, 0.25) is 5.91 Å². The Morgan fingerprint density at radius 2 is 2.12 bits per heavy atom. The zero-order valence-corrected chi connectivity index (χ0v) is 13.7. The van der Waals surface area contributed by atoms with E-state index in [1.807, 2.05) is 54.0 Å². The van der Waals surface area contributed by atoms with E-state index in [-0.39, 0.29) is 11.8 Å². The number of hydrogen-bond acceptors (Lipinski definition) is 3. The van der Waals surface area contributed by atoms with Crippen LogP contribution in [0.4, 0.5) is 5.69 Å². The van der Waals surface area contributed by atoms with Gasteiger partial charge >= 0.3 is 0 Å². The van der Waals surface area contributed by atoms with E-state index in [0.717, 1.165) is 29.7 Å². The van der Waals surface area contributed by atoms with Crippen LogP contribution in [0.2, 0.25) is 0 Å². The third kappa shape index (κ3) is 2.73. The molecule has 4 rings (SSSR count). The number of ether oxygens (including phenoxy) is 1. The van der Waals surface area contributed by atoms with Crippen LogP contribution >= 0.6 is 0 Å². The highest BCUT2D eigenvalue weighted by Gasteiger charge is 2.30. The number of aryl methyl sites for hydroxylation is 1. The maximum atomic E-state index is 12.1. The first-order valence-corrected chi connectivity index (χ1v) is 8.08. The second kappa shape index (κ2) is 5.67. The molecule has 0 unspecified atom stereocenters. The quantitative estimate of drug-likeness (QED) is 0.798. The number of carbonyl (C=O) groups excluding carboxylic acids is 1. The van der Waals surface area contributed by atoms with Gasteiger partial charge in [-0.05, 0) is 55.7 Å². The standard InChI is InChI=1S/C19H19N3O2/c1-12-7-8-22-11-16(20-18(22)9-12)14-5-6-17(24-2)15(10-14)21-19(23)13-3-4-13/h5-11,13H,3-4H2,1-2H3,(H,21,23). The number of rotatable bonds is 4. The van der Waals surface area contributed by atoms with Crippen molar-refractivity contribution in [3.63, 3.8) is 0 Å². The van der Waals surface area contributed by atoms with Crippen molar-refractivity contribution in [1.82, 2.24) is 9.38 Å². The van der Waals surface area contributed by atoms with Gasteiger partial charge in [0.25, 0.3) is 0 Å². The van der Waals surface area contributed by atoms with E-state index in [4.69, 9.17) is 4.74 Å². The van der Waals surface area contributed by atoms with Gasteiger partial charge in [-0.3, -0.25) is 4.79 Å². The average molecular weight is 321 g/mol. The molecule has 24 heavy (non-hydrogen) atoms. The lowest BCUT2D eigenvalue weighted by atomic mass is 10.1. The number of hydrogen-bond donors (Lipinski definition) is 1. The third-order valence-corrected chi connectivity index (χ3v) is 4.32. The molecular weight excluding hydrogens is 302 g/mol. The van der Waals surface area contributed by atoms with Crippen molar-refractivity contribution in [3.05, 3.63) is 48.3 Å². The first-order valence-electron chi connectivity index (χ1n) is 8.08. The van der Waals surface area contributed by atoms with Crippen molar-refractivity contribution >= 4 is 17.2 Å². The number of fused-ring (bicyclic) bond motifs is 1. The lowest BCUT2D eigenvalue weighted by Crippen LogP contribution is -2.14. The fourth-order valence-corrected chi connectivity index (χ4v) is 2.77. The molecule has 0 saturated heterocycles. The maximum Gasteiger partial charge on any atom is 0.227 e. The molecule has 1 N–H and O–H groups in total. The van der Waals surface area contributed by atoms with E-state index >= 15 is 0 Å². The summed E-state index contributed by atoms with van der Waals surface area (Å²) in [5, 5.41) is 2.98. The molecule has 1 amide bonds. The first kappa shape index (κ1) is 14.8. The van der Waals surface area contributed by atoms with Crippen molar-refractivity contribution in [3.8, 4) is 17.0 Å². The molecule has 2 aromatic heterocycles. The lowest BCUT2D eigenvalue weighted by molar-refractivity contribution is -0.117. The zero-order chi connectivity index (χ0) is 16.7. The van der Waals surface area contributed by atoms with Crippen molar-refractivity contribution in [2.45, 2.75) is 19.8 Å². The summed E-state index contributed by atoms with van der Waals surface area (Å²) in [5.41, 5.74) is 4.59. The Morgan fingerprint density at radius 3 is 2.88 bits per heavy atom. The molecule has 1 aromatic carbocycles. The van der Waals surface area contributed by atoms with Crippen molar-refractivity contribution in [2.75, 3.05) is 12.4 Å². The molecule has 5 heteroatoms. The predicted octanol–water partition coefficient (Wildman–Crippen LogP) is 3.67. The van der Waals surface area contributed by atoms with Crippen LogP contribution in [0.15, 0.2) is 42.7 Å². The number of imidazole rings is 1. The number of carbonyl (C=O) groups is 1. The highest BCUT2D eigenvalue weighted by Crippen LogP contribution is 2.34. The number of benzene rings is 1. The molecule has 122 valence electrons. The molecule has 1 fully saturated rings. The van der Waals surface area contributed by atoms with Gasteiger partial charge in [-0.2, -0.15) is 0 Å². The highest BCUT2D eigenvalue weighted by molar-refractivity contribution is 5.96. The molecule has 0 bridgehead atoms. The number of methoxy groups -OCH3 is 1. The molecule has 3 aromatic rings. The monoisotopic (exact) mass is 321 g/mol. The van der Waals surface area contributed by atoms with Gasteiger partial charge in [0.05, 0.1) is 18.5 Å². The summed E-state index contributed by atoms with van der Waals surface area (Å²) in [6, 6.07) is 9.84. The van der Waals surface area contributed by atoms with Crippen LogP contribution in [0.25, 0.3) is 16.9 Å². The van der Waals surface area contributed by atoms with Crippen molar-refractivity contribution < 1.29 is 9.53 Å². The Hall–Kier alpha value is -2.82. The zero-order valence-electron chi connectivity index (χ0n) is 13.7. The SMILES string of the molecule is COc1ccc(-c2cn3ccc(C)cc3n2)cc1NC(=O)C1CC1. The second-order valence-electron chi connectivity index (χ2n) is 6.27. The third-order valence-electron chi connectivity index (χ3n) is 4.32. The fraction of sp³-hybridized carbons (Fsp3) is 0.263. The Bertz CT molecular complexity index is 926. The van der Waals surface area contributed by atoms with Crippen LogP contribution in [0, 0.1) is 12.8 Å². The number of nitrogens with one attached hydrogen (secondary N) is 1. The summed E-state index contributed by atoms with van der Waals surface area (Å²) in [6.07, 6.45) is 5.93. The van der Waals surface area contributed by atoms with Crippen molar-refractivity contribution in [1.29, 1.82) is 0 Å². The molecule has 0 radical (unpaired) electrons. The molecule has 0 spiro atoms.